The molecule has 2 aromatic heterocycles. The monoisotopic (exact) mass is 291 g/mol. The highest BCUT2D eigenvalue weighted by Gasteiger charge is 2.17. The molecule has 6 heteroatoms. The van der Waals surface area contributed by atoms with Gasteiger partial charge in [0.1, 0.15) is 0 Å². The molecule has 0 bridgehead atoms. The zero-order chi connectivity index (χ0) is 14.1. The van der Waals surface area contributed by atoms with E-state index < -0.39 is 5.82 Å². The number of ether oxygens (including phenoxy) is 1. The van der Waals surface area contributed by atoms with Gasteiger partial charge in [0.2, 0.25) is 5.88 Å². The summed E-state index contributed by atoms with van der Waals surface area (Å²) in [6, 6.07) is 6.26. The van der Waals surface area contributed by atoms with Crippen LogP contribution in [0.3, 0.4) is 0 Å². The molecule has 20 heavy (non-hydrogen) atoms. The second-order valence-corrected chi connectivity index (χ2v) is 5.51. The fraction of sp³-hybridized carbons (Fsp3) is 0.214. The second-order valence-electron chi connectivity index (χ2n) is 4.63. The van der Waals surface area contributed by atoms with Gasteiger partial charge in [-0.3, -0.25) is 4.40 Å². The molecule has 3 rings (SSSR count). The van der Waals surface area contributed by atoms with Crippen molar-refractivity contribution in [2.45, 2.75) is 19.4 Å². The van der Waals surface area contributed by atoms with Crippen LogP contribution in [0.25, 0.3) is 4.96 Å². The number of imidazole rings is 1. The fourth-order valence-corrected chi connectivity index (χ4v) is 2.74. The smallest absolute Gasteiger partial charge is 0.242 e. The van der Waals surface area contributed by atoms with Crippen molar-refractivity contribution in [1.29, 1.82) is 0 Å². The number of para-hydroxylation sites is 1. The van der Waals surface area contributed by atoms with Crippen molar-refractivity contribution in [3.05, 3.63) is 47.4 Å². The van der Waals surface area contributed by atoms with Gasteiger partial charge >= 0.3 is 0 Å². The summed E-state index contributed by atoms with van der Waals surface area (Å²) in [5.74, 6) is 0.180. The molecule has 0 saturated carbocycles. The number of benzene rings is 1. The second kappa shape index (κ2) is 5.22. The molecular formula is C14H14FN3OS. The lowest BCUT2D eigenvalue weighted by molar-refractivity contribution is 0.423. The minimum absolute atomic E-state index is 0.0298. The molecule has 1 unspecified atom stereocenters. The van der Waals surface area contributed by atoms with Gasteiger partial charge in [0.05, 0.1) is 5.69 Å². The highest BCUT2D eigenvalue weighted by Crippen LogP contribution is 2.29. The third kappa shape index (κ3) is 2.39. The predicted octanol–water partition coefficient (Wildman–Crippen LogP) is 3.22. The minimum atomic E-state index is -0.407. The molecule has 2 N–H and O–H groups in total. The summed E-state index contributed by atoms with van der Waals surface area (Å²) in [6.45, 7) is 1.92. The Balaban J connectivity index is 2.02. The Morgan fingerprint density at radius 1 is 1.45 bits per heavy atom. The molecule has 4 nitrogen and oxygen atoms in total. The summed E-state index contributed by atoms with van der Waals surface area (Å²) in [5, 5.41) is 1.94. The molecule has 0 aliphatic carbocycles. The van der Waals surface area contributed by atoms with Crippen molar-refractivity contribution in [2.24, 2.45) is 5.73 Å². The number of hydrogen-bond donors (Lipinski definition) is 1. The normalized spacial score (nSPS) is 12.8. The summed E-state index contributed by atoms with van der Waals surface area (Å²) in [7, 11) is 0. The van der Waals surface area contributed by atoms with Crippen LogP contribution in [0.4, 0.5) is 4.39 Å². The van der Waals surface area contributed by atoms with E-state index in [4.69, 9.17) is 10.5 Å². The van der Waals surface area contributed by atoms with Gasteiger partial charge in [-0.25, -0.2) is 4.39 Å². The number of nitrogens with zero attached hydrogens (tertiary/aromatic N) is 2. The first-order valence-corrected chi connectivity index (χ1v) is 7.15. The lowest BCUT2D eigenvalue weighted by atomic mass is 10.2. The van der Waals surface area contributed by atoms with E-state index >= 15 is 0 Å². The molecule has 3 aromatic rings. The largest absolute Gasteiger partial charge is 0.434 e. The highest BCUT2D eigenvalue weighted by molar-refractivity contribution is 7.15. The molecule has 0 fully saturated rings. The summed E-state index contributed by atoms with van der Waals surface area (Å²) in [5.41, 5.74) is 6.73. The van der Waals surface area contributed by atoms with E-state index in [-0.39, 0.29) is 11.8 Å². The first kappa shape index (κ1) is 13.1. The van der Waals surface area contributed by atoms with Crippen LogP contribution in [0, 0.1) is 5.82 Å². The average molecular weight is 291 g/mol. The topological polar surface area (TPSA) is 52.5 Å². The van der Waals surface area contributed by atoms with Crippen molar-refractivity contribution >= 4 is 16.3 Å². The number of thiazole rings is 1. The highest BCUT2D eigenvalue weighted by atomic mass is 32.1. The summed E-state index contributed by atoms with van der Waals surface area (Å²) >= 11 is 1.50. The Morgan fingerprint density at radius 2 is 2.25 bits per heavy atom. The summed E-state index contributed by atoms with van der Waals surface area (Å²) < 4.78 is 21.2. The van der Waals surface area contributed by atoms with Crippen LogP contribution in [-0.4, -0.2) is 15.4 Å². The van der Waals surface area contributed by atoms with E-state index in [1.807, 2.05) is 22.9 Å². The van der Waals surface area contributed by atoms with E-state index in [1.165, 1.54) is 17.4 Å². The zero-order valence-electron chi connectivity index (χ0n) is 10.9. The third-order valence-electron chi connectivity index (χ3n) is 2.88. The van der Waals surface area contributed by atoms with Crippen molar-refractivity contribution in [1.82, 2.24) is 9.38 Å². The van der Waals surface area contributed by atoms with Crippen LogP contribution < -0.4 is 10.5 Å². The first-order valence-electron chi connectivity index (χ1n) is 6.27. The predicted molar refractivity (Wildman–Crippen MR) is 76.9 cm³/mol. The van der Waals surface area contributed by atoms with Gasteiger partial charge in [-0.05, 0) is 19.1 Å². The Labute approximate surface area is 119 Å². The molecule has 0 saturated heterocycles. The van der Waals surface area contributed by atoms with E-state index in [2.05, 4.69) is 4.98 Å². The molecule has 0 amide bonds. The molecule has 1 aromatic carbocycles. The van der Waals surface area contributed by atoms with Gasteiger partial charge in [-0.1, -0.05) is 12.1 Å². The molecule has 2 heterocycles. The van der Waals surface area contributed by atoms with Crippen molar-refractivity contribution in [2.75, 3.05) is 0 Å². The number of aromatic nitrogens is 2. The number of rotatable bonds is 4. The maximum Gasteiger partial charge on any atom is 0.242 e. The average Bonchev–Trinajstić information content (AvgIpc) is 2.95. The number of nitrogens with two attached hydrogens (primary N) is 1. The van der Waals surface area contributed by atoms with Crippen LogP contribution in [0.1, 0.15) is 12.6 Å². The van der Waals surface area contributed by atoms with Gasteiger partial charge in [0, 0.05) is 24.0 Å². The van der Waals surface area contributed by atoms with Gasteiger partial charge in [0.15, 0.2) is 16.5 Å². The summed E-state index contributed by atoms with van der Waals surface area (Å²) in [4.78, 5) is 5.21. The summed E-state index contributed by atoms with van der Waals surface area (Å²) in [6.07, 6.45) is 2.53. The Hall–Kier alpha value is -1.92. The van der Waals surface area contributed by atoms with Crippen molar-refractivity contribution in [3.63, 3.8) is 0 Å². The van der Waals surface area contributed by atoms with E-state index in [0.29, 0.717) is 12.3 Å². The molecular weight excluding hydrogens is 277 g/mol. The van der Waals surface area contributed by atoms with Gasteiger partial charge in [-0.15, -0.1) is 11.3 Å². The van der Waals surface area contributed by atoms with Crippen LogP contribution in [-0.2, 0) is 6.42 Å². The third-order valence-corrected chi connectivity index (χ3v) is 3.64. The number of hydrogen-bond acceptors (Lipinski definition) is 4. The standard InChI is InChI=1S/C14H14FN3OS/c1-9(16)8-11-13(17-14-18(11)6-7-20-14)19-12-5-3-2-4-10(12)15/h2-7,9H,8,16H2,1H3. The maximum absolute atomic E-state index is 13.7. The Kier molecular flexibility index (Phi) is 3.42. The maximum atomic E-state index is 13.7. The minimum Gasteiger partial charge on any atom is -0.434 e. The molecule has 0 aliphatic rings. The van der Waals surface area contributed by atoms with Crippen molar-refractivity contribution < 1.29 is 9.13 Å². The van der Waals surface area contributed by atoms with Gasteiger partial charge < -0.3 is 10.5 Å². The molecule has 0 aliphatic heterocycles. The van der Waals surface area contributed by atoms with Gasteiger partial charge in [-0.2, -0.15) is 4.98 Å². The van der Waals surface area contributed by atoms with E-state index in [1.54, 1.807) is 18.2 Å². The molecule has 104 valence electrons. The Morgan fingerprint density at radius 3 is 3.00 bits per heavy atom. The van der Waals surface area contributed by atoms with Crippen molar-refractivity contribution in [3.8, 4) is 11.6 Å². The lowest BCUT2D eigenvalue weighted by Crippen LogP contribution is -2.19. The van der Waals surface area contributed by atoms with E-state index in [0.717, 1.165) is 10.7 Å². The molecule has 1 atom stereocenters. The lowest BCUT2D eigenvalue weighted by Gasteiger charge is -2.08. The van der Waals surface area contributed by atoms with E-state index in [9.17, 15) is 4.39 Å². The first-order chi connectivity index (χ1) is 9.65. The van der Waals surface area contributed by atoms with Crippen LogP contribution in [0.15, 0.2) is 35.8 Å². The molecule has 0 spiro atoms. The molecule has 0 radical (unpaired) electrons. The van der Waals surface area contributed by atoms with Crippen LogP contribution in [0.2, 0.25) is 0 Å². The Bertz CT molecular complexity index is 735. The SMILES string of the molecule is CC(N)Cc1c(Oc2ccccc2F)nc2sccn12. The zero-order valence-corrected chi connectivity index (χ0v) is 11.7. The number of halogens is 1. The van der Waals surface area contributed by atoms with Gasteiger partial charge in [0.25, 0.3) is 0 Å². The quantitative estimate of drug-likeness (QED) is 0.803. The number of fused-ring (bicyclic) bond motifs is 1. The van der Waals surface area contributed by atoms with Crippen LogP contribution in [0.5, 0.6) is 11.6 Å². The fourth-order valence-electron chi connectivity index (χ4n) is 2.02. The van der Waals surface area contributed by atoms with Crippen LogP contribution >= 0.6 is 11.3 Å².